The molecule has 0 atom stereocenters. The highest BCUT2D eigenvalue weighted by molar-refractivity contribution is 6.29. The second-order valence-electron chi connectivity index (χ2n) is 4.18. The third-order valence-electron chi connectivity index (χ3n) is 2.50. The fourth-order valence-corrected chi connectivity index (χ4v) is 1.63. The van der Waals surface area contributed by atoms with Crippen molar-refractivity contribution in [2.45, 2.75) is 26.5 Å². The minimum Gasteiger partial charge on any atom is -0.461 e. The summed E-state index contributed by atoms with van der Waals surface area (Å²) in [5.41, 5.74) is 1.88. The summed E-state index contributed by atoms with van der Waals surface area (Å²) in [5, 5.41) is 4.52. The number of aromatic nitrogens is 3. The zero-order valence-electron chi connectivity index (χ0n) is 10.5. The van der Waals surface area contributed by atoms with Crippen molar-refractivity contribution in [3.8, 4) is 0 Å². The van der Waals surface area contributed by atoms with Gasteiger partial charge in [0.2, 0.25) is 0 Å². The third-order valence-corrected chi connectivity index (χ3v) is 2.72. The second kappa shape index (κ2) is 6.33. The number of nitrogens with zero attached hydrogens (tertiary/aromatic N) is 3. The van der Waals surface area contributed by atoms with E-state index in [1.807, 2.05) is 13.1 Å². The number of carbonyl (C=O) groups is 1. The minimum atomic E-state index is -0.261. The Morgan fingerprint density at radius 2 is 2.26 bits per heavy atom. The Bertz CT molecular complexity index is 551. The van der Waals surface area contributed by atoms with Crippen molar-refractivity contribution >= 4 is 17.6 Å². The quantitative estimate of drug-likeness (QED) is 0.623. The van der Waals surface area contributed by atoms with E-state index in [1.165, 1.54) is 0 Å². The number of rotatable bonds is 5. The number of esters is 1. The van der Waals surface area contributed by atoms with E-state index in [0.29, 0.717) is 18.1 Å². The fourth-order valence-electron chi connectivity index (χ4n) is 1.52. The van der Waals surface area contributed by atoms with E-state index in [1.54, 1.807) is 29.2 Å². The Labute approximate surface area is 116 Å². The van der Waals surface area contributed by atoms with Crippen LogP contribution in [0.2, 0.25) is 5.15 Å². The number of halogens is 1. The van der Waals surface area contributed by atoms with Gasteiger partial charge in [0, 0.05) is 18.0 Å². The van der Waals surface area contributed by atoms with E-state index in [2.05, 4.69) is 10.1 Å². The van der Waals surface area contributed by atoms with Crippen LogP contribution < -0.4 is 0 Å². The highest BCUT2D eigenvalue weighted by atomic mass is 35.5. The van der Waals surface area contributed by atoms with E-state index in [-0.39, 0.29) is 12.6 Å². The van der Waals surface area contributed by atoms with Crippen LogP contribution in [0.25, 0.3) is 0 Å². The Kier molecular flexibility index (Phi) is 4.52. The molecule has 2 heterocycles. The second-order valence-corrected chi connectivity index (χ2v) is 4.57. The first kappa shape index (κ1) is 13.5. The molecule has 0 N–H and O–H groups in total. The lowest BCUT2D eigenvalue weighted by molar-refractivity contribution is -0.145. The van der Waals surface area contributed by atoms with Crippen molar-refractivity contribution in [1.82, 2.24) is 14.8 Å². The normalized spacial score (nSPS) is 10.4. The van der Waals surface area contributed by atoms with Gasteiger partial charge in [0.15, 0.2) is 0 Å². The molecule has 0 spiro atoms. The molecule has 6 heteroatoms. The lowest BCUT2D eigenvalue weighted by atomic mass is 10.3. The van der Waals surface area contributed by atoms with Gasteiger partial charge < -0.3 is 4.74 Å². The van der Waals surface area contributed by atoms with Gasteiger partial charge in [-0.15, -0.1) is 0 Å². The summed E-state index contributed by atoms with van der Waals surface area (Å²) in [6.45, 7) is 2.68. The molecule has 100 valence electrons. The molecular formula is C13H14ClN3O2. The largest absolute Gasteiger partial charge is 0.461 e. The molecule has 2 rings (SSSR count). The third kappa shape index (κ3) is 4.37. The zero-order valence-corrected chi connectivity index (χ0v) is 11.3. The van der Waals surface area contributed by atoms with Crippen molar-refractivity contribution in [3.05, 3.63) is 47.0 Å². The lowest BCUT2D eigenvalue weighted by Gasteiger charge is -2.05. The molecule has 2 aromatic rings. The van der Waals surface area contributed by atoms with Gasteiger partial charge in [-0.2, -0.15) is 5.10 Å². The molecule has 0 saturated carbocycles. The zero-order chi connectivity index (χ0) is 13.7. The number of carbonyl (C=O) groups excluding carboxylic acids is 1. The maximum Gasteiger partial charge on any atom is 0.308 e. The summed E-state index contributed by atoms with van der Waals surface area (Å²) < 4.78 is 6.86. The van der Waals surface area contributed by atoms with Crippen molar-refractivity contribution in [3.63, 3.8) is 0 Å². The monoisotopic (exact) mass is 279 g/mol. The SMILES string of the molecule is Cc1cnn(CCC(=O)OCc2ccc(Cl)nc2)c1. The highest BCUT2D eigenvalue weighted by Gasteiger charge is 2.05. The van der Waals surface area contributed by atoms with Crippen LogP contribution in [0.5, 0.6) is 0 Å². The number of hydrogen-bond acceptors (Lipinski definition) is 4. The van der Waals surface area contributed by atoms with Crippen LogP contribution in [0, 0.1) is 6.92 Å². The lowest BCUT2D eigenvalue weighted by Crippen LogP contribution is -2.09. The summed E-state index contributed by atoms with van der Waals surface area (Å²) in [5.74, 6) is -0.261. The summed E-state index contributed by atoms with van der Waals surface area (Å²) in [6.07, 6.45) is 5.52. The maximum absolute atomic E-state index is 11.6. The molecule has 0 aliphatic carbocycles. The first-order valence-corrected chi connectivity index (χ1v) is 6.26. The molecule has 2 aromatic heterocycles. The fraction of sp³-hybridized carbons (Fsp3) is 0.308. The number of aryl methyl sites for hydroxylation is 2. The van der Waals surface area contributed by atoms with Crippen LogP contribution in [0.4, 0.5) is 0 Å². The first-order chi connectivity index (χ1) is 9.13. The molecule has 0 amide bonds. The van der Waals surface area contributed by atoms with Crippen LogP contribution in [0.15, 0.2) is 30.7 Å². The van der Waals surface area contributed by atoms with Crippen LogP contribution in [-0.2, 0) is 22.7 Å². The standard InChI is InChI=1S/C13H14ClN3O2/c1-10-6-16-17(8-10)5-4-13(18)19-9-11-2-3-12(14)15-7-11/h2-3,6-8H,4-5,9H2,1H3. The Balaban J connectivity index is 1.74. The van der Waals surface area contributed by atoms with Crippen molar-refractivity contribution in [2.75, 3.05) is 0 Å². The van der Waals surface area contributed by atoms with E-state index in [9.17, 15) is 4.79 Å². The highest BCUT2D eigenvalue weighted by Crippen LogP contribution is 2.07. The predicted octanol–water partition coefficient (Wildman–Crippen LogP) is 2.37. The predicted molar refractivity (Wildman–Crippen MR) is 70.6 cm³/mol. The molecule has 0 aliphatic rings. The molecule has 0 radical (unpaired) electrons. The average molecular weight is 280 g/mol. The van der Waals surface area contributed by atoms with Crippen LogP contribution in [-0.4, -0.2) is 20.7 Å². The van der Waals surface area contributed by atoms with Crippen LogP contribution in [0.1, 0.15) is 17.5 Å². The van der Waals surface area contributed by atoms with Gasteiger partial charge in [0.1, 0.15) is 11.8 Å². The number of ether oxygens (including phenoxy) is 1. The molecule has 5 nitrogen and oxygen atoms in total. The minimum absolute atomic E-state index is 0.209. The molecular weight excluding hydrogens is 266 g/mol. The van der Waals surface area contributed by atoms with Gasteiger partial charge in [-0.25, -0.2) is 4.98 Å². The average Bonchev–Trinajstić information content (AvgIpc) is 2.81. The molecule has 0 aliphatic heterocycles. The molecule has 0 unspecified atom stereocenters. The molecule has 19 heavy (non-hydrogen) atoms. The molecule has 0 aromatic carbocycles. The van der Waals surface area contributed by atoms with Gasteiger partial charge >= 0.3 is 5.97 Å². The Morgan fingerprint density at radius 3 is 2.89 bits per heavy atom. The van der Waals surface area contributed by atoms with Gasteiger partial charge in [-0.3, -0.25) is 9.48 Å². The van der Waals surface area contributed by atoms with Crippen LogP contribution >= 0.6 is 11.6 Å². The summed E-state index contributed by atoms with van der Waals surface area (Å²) in [6, 6.07) is 3.44. The van der Waals surface area contributed by atoms with Gasteiger partial charge in [-0.05, 0) is 18.6 Å². The van der Waals surface area contributed by atoms with E-state index in [0.717, 1.165) is 11.1 Å². The first-order valence-electron chi connectivity index (χ1n) is 5.88. The summed E-state index contributed by atoms with van der Waals surface area (Å²) in [7, 11) is 0. The van der Waals surface area contributed by atoms with E-state index >= 15 is 0 Å². The maximum atomic E-state index is 11.6. The van der Waals surface area contributed by atoms with Crippen molar-refractivity contribution in [2.24, 2.45) is 0 Å². The van der Waals surface area contributed by atoms with Crippen LogP contribution in [0.3, 0.4) is 0 Å². The smallest absolute Gasteiger partial charge is 0.308 e. The Hall–Kier alpha value is -1.88. The van der Waals surface area contributed by atoms with E-state index < -0.39 is 0 Å². The Morgan fingerprint density at radius 1 is 1.42 bits per heavy atom. The summed E-state index contributed by atoms with van der Waals surface area (Å²) in [4.78, 5) is 15.5. The van der Waals surface area contributed by atoms with E-state index in [4.69, 9.17) is 16.3 Å². The van der Waals surface area contributed by atoms with Gasteiger partial charge in [-0.1, -0.05) is 17.7 Å². The van der Waals surface area contributed by atoms with Crippen molar-refractivity contribution in [1.29, 1.82) is 0 Å². The van der Waals surface area contributed by atoms with Gasteiger partial charge in [0.25, 0.3) is 0 Å². The van der Waals surface area contributed by atoms with Gasteiger partial charge in [0.05, 0.1) is 19.2 Å². The van der Waals surface area contributed by atoms with Crippen molar-refractivity contribution < 1.29 is 9.53 Å². The summed E-state index contributed by atoms with van der Waals surface area (Å²) >= 11 is 5.67. The molecule has 0 fully saturated rings. The molecule has 0 saturated heterocycles. The molecule has 0 bridgehead atoms. The topological polar surface area (TPSA) is 57.0 Å². The number of pyridine rings is 1. The number of hydrogen-bond donors (Lipinski definition) is 0.